The normalized spacial score (nSPS) is 12.4. The monoisotopic (exact) mass is 640 g/mol. The summed E-state index contributed by atoms with van der Waals surface area (Å²) in [7, 11) is 0. The van der Waals surface area contributed by atoms with Gasteiger partial charge in [-0.15, -0.1) is 0 Å². The second-order valence-corrected chi connectivity index (χ2v) is 11.6. The third-order valence-electron chi connectivity index (χ3n) is 6.85. The van der Waals surface area contributed by atoms with E-state index in [0.29, 0.717) is 6.54 Å². The summed E-state index contributed by atoms with van der Waals surface area (Å²) in [5.74, 6) is 0.808. The molecule has 222 valence electrons. The molecule has 0 bridgehead atoms. The van der Waals surface area contributed by atoms with Crippen molar-refractivity contribution in [1.82, 2.24) is 14.8 Å². The van der Waals surface area contributed by atoms with Gasteiger partial charge in [0.15, 0.2) is 5.82 Å². The molecule has 2 heterocycles. The highest BCUT2D eigenvalue weighted by Crippen LogP contribution is 2.39. The minimum absolute atomic E-state index is 0.655. The van der Waals surface area contributed by atoms with Crippen LogP contribution in [0.25, 0.3) is 0 Å². The molecule has 0 radical (unpaired) electrons. The standard InChI is InChI=1S/C30H38BrClN6.C3H8/c1-4-16-37(5-2)20-22-7-11-24(12-8-22)27-19-35-30-29(36-27)28(26(31)18-34-30)33-15-17-38(6-3)21-23-9-13-25(32)14-10-23;1-3-2/h7-14,18H,4-6,15-17,19-21H2,1-3H3,(H2,33,34,35);3H2,1-2H3. The van der Waals surface area contributed by atoms with Crippen molar-refractivity contribution in [3.8, 4) is 0 Å². The lowest BCUT2D eigenvalue weighted by molar-refractivity contribution is 0.280. The molecule has 8 heteroatoms. The van der Waals surface area contributed by atoms with Crippen LogP contribution in [0.15, 0.2) is 64.2 Å². The van der Waals surface area contributed by atoms with Crippen LogP contribution in [0.5, 0.6) is 0 Å². The summed E-state index contributed by atoms with van der Waals surface area (Å²) >= 11 is 9.74. The van der Waals surface area contributed by atoms with Crippen LogP contribution in [0.2, 0.25) is 5.02 Å². The molecule has 0 aliphatic carbocycles. The van der Waals surface area contributed by atoms with E-state index in [-0.39, 0.29) is 0 Å². The molecule has 1 aliphatic heterocycles. The number of hydrogen-bond acceptors (Lipinski definition) is 6. The third kappa shape index (κ3) is 10.1. The minimum atomic E-state index is 0.655. The van der Waals surface area contributed by atoms with Crippen LogP contribution in [0.3, 0.4) is 0 Å². The fourth-order valence-electron chi connectivity index (χ4n) is 4.66. The van der Waals surface area contributed by atoms with Gasteiger partial charge in [0, 0.05) is 37.4 Å². The van der Waals surface area contributed by atoms with E-state index in [4.69, 9.17) is 16.6 Å². The second-order valence-electron chi connectivity index (χ2n) is 10.3. The summed E-state index contributed by atoms with van der Waals surface area (Å²) in [4.78, 5) is 14.5. The number of pyridine rings is 1. The predicted octanol–water partition coefficient (Wildman–Crippen LogP) is 8.63. The number of fused-ring (bicyclic) bond motifs is 1. The van der Waals surface area contributed by atoms with Crippen molar-refractivity contribution < 1.29 is 0 Å². The Kier molecular flexibility index (Phi) is 14.1. The Bertz CT molecular complexity index is 1230. The summed E-state index contributed by atoms with van der Waals surface area (Å²) in [6.07, 6.45) is 4.26. The van der Waals surface area contributed by atoms with Gasteiger partial charge in [0.1, 0.15) is 5.69 Å². The molecule has 1 aromatic heterocycles. The summed E-state index contributed by atoms with van der Waals surface area (Å²) in [5.41, 5.74) is 6.57. The van der Waals surface area contributed by atoms with E-state index in [9.17, 15) is 0 Å². The summed E-state index contributed by atoms with van der Waals surface area (Å²) in [6, 6.07) is 16.9. The van der Waals surface area contributed by atoms with Crippen LogP contribution in [-0.2, 0) is 13.1 Å². The maximum Gasteiger partial charge on any atom is 0.154 e. The van der Waals surface area contributed by atoms with Crippen molar-refractivity contribution in [3.63, 3.8) is 0 Å². The Morgan fingerprint density at radius 3 is 2.05 bits per heavy atom. The van der Waals surface area contributed by atoms with Crippen LogP contribution in [0.1, 0.15) is 64.2 Å². The van der Waals surface area contributed by atoms with Gasteiger partial charge in [0.2, 0.25) is 0 Å². The SMILES string of the molecule is CCC.CCCN(CC)Cc1ccc(C2=Nc3c(ncc(Br)c3NCCN(CC)Cc3ccc(Cl)cc3)NC2)cc1. The largest absolute Gasteiger partial charge is 0.381 e. The van der Waals surface area contributed by atoms with E-state index in [0.717, 1.165) is 83.8 Å². The highest BCUT2D eigenvalue weighted by Gasteiger charge is 2.20. The zero-order valence-electron chi connectivity index (χ0n) is 25.3. The summed E-state index contributed by atoms with van der Waals surface area (Å²) in [6.45, 7) is 18.3. The Hall–Kier alpha value is -2.45. The molecule has 0 amide bonds. The molecule has 4 rings (SSSR count). The lowest BCUT2D eigenvalue weighted by Gasteiger charge is -2.24. The first-order valence-electron chi connectivity index (χ1n) is 14.9. The summed E-state index contributed by atoms with van der Waals surface area (Å²) < 4.78 is 0.912. The van der Waals surface area contributed by atoms with Crippen LogP contribution < -0.4 is 10.6 Å². The van der Waals surface area contributed by atoms with Crippen molar-refractivity contribution in [2.45, 2.75) is 60.5 Å². The average molecular weight is 642 g/mol. The number of likely N-dealkylation sites (N-methyl/N-ethyl adjacent to an activating group) is 1. The average Bonchev–Trinajstić information content (AvgIpc) is 2.99. The van der Waals surface area contributed by atoms with E-state index in [1.807, 2.05) is 18.3 Å². The number of hydrogen-bond donors (Lipinski definition) is 2. The van der Waals surface area contributed by atoms with Gasteiger partial charge >= 0.3 is 0 Å². The third-order valence-corrected chi connectivity index (χ3v) is 7.71. The molecule has 1 aliphatic rings. The number of benzene rings is 2. The Morgan fingerprint density at radius 2 is 1.46 bits per heavy atom. The topological polar surface area (TPSA) is 55.8 Å². The Balaban J connectivity index is 0.00000147. The highest BCUT2D eigenvalue weighted by atomic mass is 79.9. The number of rotatable bonds is 13. The molecular weight excluding hydrogens is 596 g/mol. The smallest absolute Gasteiger partial charge is 0.154 e. The quantitative estimate of drug-likeness (QED) is 0.196. The zero-order valence-corrected chi connectivity index (χ0v) is 27.7. The van der Waals surface area contributed by atoms with E-state index in [1.165, 1.54) is 24.0 Å². The van der Waals surface area contributed by atoms with E-state index < -0.39 is 0 Å². The first-order valence-corrected chi connectivity index (χ1v) is 16.1. The van der Waals surface area contributed by atoms with Gasteiger partial charge in [0.25, 0.3) is 0 Å². The molecule has 0 saturated carbocycles. The molecular formula is C33H46BrClN6. The minimum Gasteiger partial charge on any atom is -0.381 e. The van der Waals surface area contributed by atoms with Crippen LogP contribution in [0, 0.1) is 0 Å². The number of nitrogens with zero attached hydrogens (tertiary/aromatic N) is 4. The Morgan fingerprint density at radius 1 is 0.878 bits per heavy atom. The van der Waals surface area contributed by atoms with E-state index in [1.54, 1.807) is 0 Å². The molecule has 2 aromatic carbocycles. The maximum atomic E-state index is 6.05. The molecule has 0 spiro atoms. The molecule has 0 unspecified atom stereocenters. The van der Waals surface area contributed by atoms with Gasteiger partial charge in [-0.2, -0.15) is 0 Å². The van der Waals surface area contributed by atoms with Crippen molar-refractivity contribution in [3.05, 3.63) is 80.9 Å². The Labute approximate surface area is 260 Å². The van der Waals surface area contributed by atoms with E-state index in [2.05, 4.69) is 112 Å². The number of nitrogens with one attached hydrogen (secondary N) is 2. The fourth-order valence-corrected chi connectivity index (χ4v) is 5.21. The molecule has 41 heavy (non-hydrogen) atoms. The van der Waals surface area contributed by atoms with Crippen molar-refractivity contribution in [2.75, 3.05) is 49.9 Å². The summed E-state index contributed by atoms with van der Waals surface area (Å²) in [5, 5.41) is 7.86. The van der Waals surface area contributed by atoms with Gasteiger partial charge in [-0.1, -0.05) is 89.0 Å². The lowest BCUT2D eigenvalue weighted by Crippen LogP contribution is -2.29. The molecule has 6 nitrogen and oxygen atoms in total. The van der Waals surface area contributed by atoms with Crippen LogP contribution in [0.4, 0.5) is 17.2 Å². The zero-order chi connectivity index (χ0) is 29.6. The van der Waals surface area contributed by atoms with Crippen LogP contribution >= 0.6 is 27.5 Å². The van der Waals surface area contributed by atoms with Crippen molar-refractivity contribution >= 4 is 50.4 Å². The molecule has 2 N–H and O–H groups in total. The van der Waals surface area contributed by atoms with Gasteiger partial charge in [-0.3, -0.25) is 9.80 Å². The second kappa shape index (κ2) is 17.5. The first-order chi connectivity index (χ1) is 19.9. The molecule has 0 fully saturated rings. The van der Waals surface area contributed by atoms with Crippen molar-refractivity contribution in [1.29, 1.82) is 0 Å². The van der Waals surface area contributed by atoms with Gasteiger partial charge in [0.05, 0.1) is 22.4 Å². The van der Waals surface area contributed by atoms with Gasteiger partial charge < -0.3 is 10.6 Å². The maximum absolute atomic E-state index is 6.05. The van der Waals surface area contributed by atoms with Crippen LogP contribution in [-0.4, -0.2) is 59.8 Å². The van der Waals surface area contributed by atoms with E-state index >= 15 is 0 Å². The number of halogens is 2. The molecule has 0 atom stereocenters. The number of aromatic nitrogens is 1. The molecule has 3 aromatic rings. The highest BCUT2D eigenvalue weighted by molar-refractivity contribution is 9.10. The van der Waals surface area contributed by atoms with Gasteiger partial charge in [-0.25, -0.2) is 9.98 Å². The lowest BCUT2D eigenvalue weighted by atomic mass is 10.1. The van der Waals surface area contributed by atoms with Crippen molar-refractivity contribution in [2.24, 2.45) is 4.99 Å². The number of aliphatic imine (C=N–C) groups is 1. The predicted molar refractivity (Wildman–Crippen MR) is 181 cm³/mol. The molecule has 0 saturated heterocycles. The fraction of sp³-hybridized carbons (Fsp3) is 0.455. The van der Waals surface area contributed by atoms with Gasteiger partial charge in [-0.05, 0) is 70.8 Å². The number of anilines is 2. The first kappa shape index (κ1) is 33.1.